The molecule has 16 heavy (non-hydrogen) atoms. The highest BCUT2D eigenvalue weighted by atomic mass is 32.2. The summed E-state index contributed by atoms with van der Waals surface area (Å²) in [7, 11) is -3.23. The van der Waals surface area contributed by atoms with Crippen LogP contribution in [0.15, 0.2) is 35.2 Å². The van der Waals surface area contributed by atoms with Crippen LogP contribution in [0.4, 0.5) is 0 Å². The molecule has 3 nitrogen and oxygen atoms in total. The number of rotatable bonds is 4. The molecule has 1 heterocycles. The van der Waals surface area contributed by atoms with Crippen molar-refractivity contribution in [3.63, 3.8) is 0 Å². The van der Waals surface area contributed by atoms with E-state index in [2.05, 4.69) is 13.8 Å². The molecule has 1 fully saturated rings. The van der Waals surface area contributed by atoms with Crippen molar-refractivity contribution < 1.29 is 8.42 Å². The van der Waals surface area contributed by atoms with Crippen LogP contribution >= 0.6 is 0 Å². The SMILES string of the molecule is CC(C)CC1CN1S(=O)(=O)c1ccccc1. The average molecular weight is 239 g/mol. The molecule has 1 saturated heterocycles. The molecule has 1 aromatic rings. The van der Waals surface area contributed by atoms with Crippen LogP contribution in [-0.2, 0) is 10.0 Å². The Balaban J connectivity index is 2.12. The first kappa shape index (κ1) is 11.6. The minimum Gasteiger partial charge on any atom is -0.207 e. The van der Waals surface area contributed by atoms with Crippen LogP contribution in [0, 0.1) is 5.92 Å². The molecule has 0 amide bonds. The van der Waals surface area contributed by atoms with Crippen LogP contribution in [-0.4, -0.2) is 25.3 Å². The molecule has 0 aliphatic carbocycles. The van der Waals surface area contributed by atoms with Gasteiger partial charge in [-0.1, -0.05) is 32.0 Å². The quantitative estimate of drug-likeness (QED) is 0.755. The van der Waals surface area contributed by atoms with E-state index in [0.29, 0.717) is 17.4 Å². The molecule has 0 saturated carbocycles. The van der Waals surface area contributed by atoms with E-state index in [4.69, 9.17) is 0 Å². The zero-order chi connectivity index (χ0) is 11.8. The summed E-state index contributed by atoms with van der Waals surface area (Å²) in [5, 5.41) is 0. The Bertz CT molecular complexity index is 453. The first-order chi connectivity index (χ1) is 7.51. The van der Waals surface area contributed by atoms with Gasteiger partial charge >= 0.3 is 0 Å². The van der Waals surface area contributed by atoms with Gasteiger partial charge in [-0.25, -0.2) is 8.42 Å². The Morgan fingerprint density at radius 3 is 2.50 bits per heavy atom. The van der Waals surface area contributed by atoms with Crippen molar-refractivity contribution in [3.05, 3.63) is 30.3 Å². The van der Waals surface area contributed by atoms with Gasteiger partial charge in [-0.2, -0.15) is 4.31 Å². The highest BCUT2D eigenvalue weighted by molar-refractivity contribution is 7.89. The number of sulfonamides is 1. The predicted molar refractivity (Wildman–Crippen MR) is 63.6 cm³/mol. The van der Waals surface area contributed by atoms with Crippen LogP contribution in [0.25, 0.3) is 0 Å². The minimum atomic E-state index is -3.23. The van der Waals surface area contributed by atoms with Gasteiger partial charge in [-0.15, -0.1) is 0 Å². The Hall–Kier alpha value is -0.870. The zero-order valence-electron chi connectivity index (χ0n) is 9.63. The molecule has 2 atom stereocenters. The summed E-state index contributed by atoms with van der Waals surface area (Å²) in [4.78, 5) is 0.404. The van der Waals surface area contributed by atoms with Crippen LogP contribution in [0.3, 0.4) is 0 Å². The fourth-order valence-corrected chi connectivity index (χ4v) is 3.54. The van der Waals surface area contributed by atoms with Crippen molar-refractivity contribution in [1.82, 2.24) is 4.31 Å². The van der Waals surface area contributed by atoms with Gasteiger partial charge in [-0.3, -0.25) is 0 Å². The van der Waals surface area contributed by atoms with E-state index in [1.807, 2.05) is 6.07 Å². The summed E-state index contributed by atoms with van der Waals surface area (Å²) in [5.41, 5.74) is 0. The number of hydrogen-bond donors (Lipinski definition) is 0. The lowest BCUT2D eigenvalue weighted by atomic mass is 10.1. The first-order valence-electron chi connectivity index (χ1n) is 5.58. The number of hydrogen-bond acceptors (Lipinski definition) is 2. The minimum absolute atomic E-state index is 0.213. The molecule has 4 heteroatoms. The molecule has 2 rings (SSSR count). The highest BCUT2D eigenvalue weighted by Crippen LogP contribution is 2.31. The monoisotopic (exact) mass is 239 g/mol. The Labute approximate surface area is 97.1 Å². The van der Waals surface area contributed by atoms with Crippen LogP contribution < -0.4 is 0 Å². The van der Waals surface area contributed by atoms with E-state index in [0.717, 1.165) is 6.42 Å². The Morgan fingerprint density at radius 1 is 1.31 bits per heavy atom. The summed E-state index contributed by atoms with van der Waals surface area (Å²) in [6.07, 6.45) is 0.950. The van der Waals surface area contributed by atoms with E-state index in [1.54, 1.807) is 28.6 Å². The lowest BCUT2D eigenvalue weighted by Crippen LogP contribution is -2.15. The lowest BCUT2D eigenvalue weighted by molar-refractivity contribution is 0.516. The second-order valence-corrected chi connectivity index (χ2v) is 6.56. The van der Waals surface area contributed by atoms with Crippen LogP contribution in [0.1, 0.15) is 20.3 Å². The maximum absolute atomic E-state index is 12.1. The molecule has 0 bridgehead atoms. The molecule has 1 aliphatic heterocycles. The molecule has 0 aromatic heterocycles. The van der Waals surface area contributed by atoms with E-state index < -0.39 is 10.0 Å². The molecule has 1 aliphatic rings. The van der Waals surface area contributed by atoms with E-state index in [1.165, 1.54) is 0 Å². The van der Waals surface area contributed by atoms with Crippen LogP contribution in [0.2, 0.25) is 0 Å². The average Bonchev–Trinajstić information content (AvgIpc) is 2.98. The third-order valence-electron chi connectivity index (χ3n) is 2.76. The first-order valence-corrected chi connectivity index (χ1v) is 7.02. The van der Waals surface area contributed by atoms with Gasteiger partial charge in [0.1, 0.15) is 0 Å². The van der Waals surface area contributed by atoms with Crippen molar-refractivity contribution in [2.75, 3.05) is 6.54 Å². The standard InChI is InChI=1S/C12H17NO2S/c1-10(2)8-11-9-13(11)16(14,15)12-6-4-3-5-7-12/h3-7,10-11H,8-9H2,1-2H3. The van der Waals surface area contributed by atoms with Crippen molar-refractivity contribution in [2.24, 2.45) is 5.92 Å². The number of nitrogens with zero attached hydrogens (tertiary/aromatic N) is 1. The molecule has 88 valence electrons. The maximum Gasteiger partial charge on any atom is 0.243 e. The zero-order valence-corrected chi connectivity index (χ0v) is 10.4. The second-order valence-electron chi connectivity index (χ2n) is 4.67. The van der Waals surface area contributed by atoms with Gasteiger partial charge in [0.05, 0.1) is 4.90 Å². The van der Waals surface area contributed by atoms with Crippen molar-refractivity contribution in [3.8, 4) is 0 Å². The highest BCUT2D eigenvalue weighted by Gasteiger charge is 2.44. The van der Waals surface area contributed by atoms with E-state index in [9.17, 15) is 8.42 Å². The van der Waals surface area contributed by atoms with Gasteiger partial charge < -0.3 is 0 Å². The van der Waals surface area contributed by atoms with Crippen molar-refractivity contribution in [1.29, 1.82) is 0 Å². The summed E-state index contributed by atoms with van der Waals surface area (Å²) in [5.74, 6) is 0.543. The van der Waals surface area contributed by atoms with Gasteiger partial charge in [0.25, 0.3) is 0 Å². The molecule has 0 radical (unpaired) electrons. The predicted octanol–water partition coefficient (Wildman–Crippen LogP) is 2.11. The van der Waals surface area contributed by atoms with E-state index >= 15 is 0 Å². The summed E-state index contributed by atoms with van der Waals surface area (Å²) in [6.45, 7) is 4.91. The molecule has 1 aromatic carbocycles. The Kier molecular flexibility index (Phi) is 3.04. The van der Waals surface area contributed by atoms with Gasteiger partial charge in [0.2, 0.25) is 10.0 Å². The molecule has 0 spiro atoms. The second kappa shape index (κ2) is 4.18. The van der Waals surface area contributed by atoms with E-state index in [-0.39, 0.29) is 6.04 Å². The van der Waals surface area contributed by atoms with Gasteiger partial charge in [-0.05, 0) is 24.5 Å². The third-order valence-corrected chi connectivity index (χ3v) is 4.69. The topological polar surface area (TPSA) is 37.1 Å². The summed E-state index contributed by atoms with van der Waals surface area (Å²) in [6, 6.07) is 8.86. The molecule has 0 N–H and O–H groups in total. The largest absolute Gasteiger partial charge is 0.243 e. The lowest BCUT2D eigenvalue weighted by Gasteiger charge is -2.07. The maximum atomic E-state index is 12.1. The fraction of sp³-hybridized carbons (Fsp3) is 0.500. The smallest absolute Gasteiger partial charge is 0.207 e. The summed E-state index contributed by atoms with van der Waals surface area (Å²) >= 11 is 0. The van der Waals surface area contributed by atoms with Gasteiger partial charge in [0, 0.05) is 12.6 Å². The fourth-order valence-electron chi connectivity index (χ4n) is 1.92. The molecule has 2 unspecified atom stereocenters. The van der Waals surface area contributed by atoms with Crippen molar-refractivity contribution in [2.45, 2.75) is 31.2 Å². The normalized spacial score (nSPS) is 24.7. The van der Waals surface area contributed by atoms with Crippen LogP contribution in [0.5, 0.6) is 0 Å². The Morgan fingerprint density at radius 2 is 1.94 bits per heavy atom. The van der Waals surface area contributed by atoms with Crippen molar-refractivity contribution >= 4 is 10.0 Å². The van der Waals surface area contributed by atoms with Gasteiger partial charge in [0.15, 0.2) is 0 Å². The number of benzene rings is 1. The third kappa shape index (κ3) is 2.28. The summed E-state index contributed by atoms with van der Waals surface area (Å²) < 4.78 is 25.8. The molecular formula is C12H17NO2S. The molecular weight excluding hydrogens is 222 g/mol.